The number of hydrogen-bond donors (Lipinski definition) is 0. The molecule has 0 saturated carbocycles. The number of rotatable bonds is 6. The molecule has 0 saturated heterocycles. The van der Waals surface area contributed by atoms with Crippen molar-refractivity contribution in [3.05, 3.63) is 146 Å². The van der Waals surface area contributed by atoms with Crippen LogP contribution >= 0.6 is 11.8 Å². The Morgan fingerprint density at radius 2 is 0.780 bits per heavy atom. The van der Waals surface area contributed by atoms with Gasteiger partial charge < -0.3 is 14.4 Å². The number of hydrogen-bond acceptors (Lipinski definition) is 4. The molecule has 0 unspecified atom stereocenters. The van der Waals surface area contributed by atoms with Crippen LogP contribution in [0.15, 0.2) is 155 Å². The van der Waals surface area contributed by atoms with E-state index in [2.05, 4.69) is 72.6 Å². The number of anilines is 2. The molecule has 0 atom stereocenters. The zero-order valence-electron chi connectivity index (χ0n) is 22.5. The van der Waals surface area contributed by atoms with E-state index in [9.17, 15) is 0 Å². The molecule has 0 aromatic heterocycles. The van der Waals surface area contributed by atoms with Crippen LogP contribution in [0.25, 0.3) is 22.3 Å². The van der Waals surface area contributed by atoms with E-state index in [1.54, 1.807) is 0 Å². The molecule has 0 amide bonds. The largest absolute Gasteiger partial charge is 0.457 e. The average Bonchev–Trinajstić information content (AvgIpc) is 3.02. The molecule has 1 aliphatic heterocycles. The number of ether oxygens (including phenoxy) is 2. The minimum atomic E-state index is 0.827. The van der Waals surface area contributed by atoms with Crippen molar-refractivity contribution in [2.45, 2.75) is 9.79 Å². The second-order valence-electron chi connectivity index (χ2n) is 9.91. The van der Waals surface area contributed by atoms with Crippen LogP contribution in [-0.2, 0) is 0 Å². The summed E-state index contributed by atoms with van der Waals surface area (Å²) >= 11 is 1.82. The smallest absolute Gasteiger partial charge is 0.127 e. The maximum atomic E-state index is 5.98. The van der Waals surface area contributed by atoms with Gasteiger partial charge in [0.05, 0.1) is 11.4 Å². The van der Waals surface area contributed by atoms with E-state index >= 15 is 0 Å². The fourth-order valence-electron chi connectivity index (χ4n) is 5.03. The third-order valence-corrected chi connectivity index (χ3v) is 8.29. The van der Waals surface area contributed by atoms with Gasteiger partial charge in [0, 0.05) is 16.8 Å². The number of fused-ring (bicyclic) bond motifs is 2. The first-order valence-corrected chi connectivity index (χ1v) is 14.4. The summed E-state index contributed by atoms with van der Waals surface area (Å²) < 4.78 is 12.0. The summed E-state index contributed by atoms with van der Waals surface area (Å²) in [6, 6.07) is 49.7. The Bertz CT molecular complexity index is 1670. The zero-order chi connectivity index (χ0) is 27.6. The molecule has 4 heteroatoms. The molecule has 0 spiro atoms. The molecule has 0 aliphatic carbocycles. The van der Waals surface area contributed by atoms with E-state index in [-0.39, 0.29) is 0 Å². The van der Waals surface area contributed by atoms with E-state index in [1.165, 1.54) is 32.3 Å². The summed E-state index contributed by atoms with van der Waals surface area (Å²) in [5, 5.41) is 0. The van der Waals surface area contributed by atoms with Crippen LogP contribution in [0, 0.1) is 0 Å². The highest BCUT2D eigenvalue weighted by molar-refractivity contribution is 7.99. The van der Waals surface area contributed by atoms with Crippen molar-refractivity contribution >= 4 is 23.1 Å². The molecule has 0 radical (unpaired) electrons. The van der Waals surface area contributed by atoms with Gasteiger partial charge in [0.15, 0.2) is 0 Å². The SMILES string of the molecule is CN1c2ccc(-c3ccc(Oc4ccccc4)cc3)cc2Sc2cc(-c3ccc(Oc4ccccc4)cc3)ccc21. The van der Waals surface area contributed by atoms with E-state index in [0.29, 0.717) is 0 Å². The zero-order valence-corrected chi connectivity index (χ0v) is 23.3. The average molecular weight is 550 g/mol. The van der Waals surface area contributed by atoms with Crippen molar-refractivity contribution in [2.75, 3.05) is 11.9 Å². The highest BCUT2D eigenvalue weighted by Crippen LogP contribution is 2.49. The maximum Gasteiger partial charge on any atom is 0.127 e. The van der Waals surface area contributed by atoms with Gasteiger partial charge in [0.25, 0.3) is 0 Å². The molecule has 7 rings (SSSR count). The second kappa shape index (κ2) is 10.9. The Balaban J connectivity index is 1.11. The summed E-state index contributed by atoms with van der Waals surface area (Å²) in [6.07, 6.45) is 0. The molecule has 0 fully saturated rings. The first-order chi connectivity index (χ1) is 20.2. The van der Waals surface area contributed by atoms with Crippen LogP contribution in [0.2, 0.25) is 0 Å². The monoisotopic (exact) mass is 549 g/mol. The Morgan fingerprint density at radius 3 is 1.20 bits per heavy atom. The van der Waals surface area contributed by atoms with Gasteiger partial charge in [-0.05, 0) is 95.1 Å². The predicted octanol–water partition coefficient (Wildman–Crippen LogP) is 10.8. The second-order valence-corrected chi connectivity index (χ2v) is 11.0. The van der Waals surface area contributed by atoms with Crippen LogP contribution in [0.1, 0.15) is 0 Å². The Morgan fingerprint density at radius 1 is 0.415 bits per heavy atom. The van der Waals surface area contributed by atoms with Gasteiger partial charge in [-0.3, -0.25) is 0 Å². The molecule has 0 bridgehead atoms. The fourth-order valence-corrected chi connectivity index (χ4v) is 6.26. The normalized spacial score (nSPS) is 11.9. The third kappa shape index (κ3) is 5.30. The number of benzene rings is 6. The molecule has 3 nitrogen and oxygen atoms in total. The topological polar surface area (TPSA) is 21.7 Å². The number of nitrogens with zero attached hydrogens (tertiary/aromatic N) is 1. The van der Waals surface area contributed by atoms with Crippen molar-refractivity contribution in [2.24, 2.45) is 0 Å². The first-order valence-electron chi connectivity index (χ1n) is 13.6. The van der Waals surface area contributed by atoms with Gasteiger partial charge in [-0.15, -0.1) is 0 Å². The van der Waals surface area contributed by atoms with Gasteiger partial charge >= 0.3 is 0 Å². The molecule has 41 heavy (non-hydrogen) atoms. The standard InChI is InChI=1S/C37H27NO2S/c1-38-34-22-16-28(26-12-18-32(19-13-26)39-30-8-4-2-5-9-30)24-36(34)41-37-25-29(17-23-35(37)38)27-14-20-33(21-15-27)40-31-10-6-3-7-11-31/h2-25H,1H3. The van der Waals surface area contributed by atoms with E-state index < -0.39 is 0 Å². The molecule has 1 aliphatic rings. The van der Waals surface area contributed by atoms with Crippen LogP contribution < -0.4 is 14.4 Å². The summed E-state index contributed by atoms with van der Waals surface area (Å²) in [4.78, 5) is 4.76. The Kier molecular flexibility index (Phi) is 6.67. The van der Waals surface area contributed by atoms with Crippen LogP contribution in [0.4, 0.5) is 11.4 Å². The highest BCUT2D eigenvalue weighted by atomic mass is 32.2. The summed E-state index contributed by atoms with van der Waals surface area (Å²) in [5.74, 6) is 3.33. The highest BCUT2D eigenvalue weighted by Gasteiger charge is 2.22. The fraction of sp³-hybridized carbons (Fsp3) is 0.0270. The lowest BCUT2D eigenvalue weighted by Crippen LogP contribution is -2.14. The molecule has 6 aromatic rings. The van der Waals surface area contributed by atoms with Crippen LogP contribution in [0.3, 0.4) is 0 Å². The Labute approximate surface area is 244 Å². The van der Waals surface area contributed by atoms with Crippen LogP contribution in [0.5, 0.6) is 23.0 Å². The lowest BCUT2D eigenvalue weighted by molar-refractivity contribution is 0.482. The quantitative estimate of drug-likeness (QED) is 0.206. The summed E-state index contributed by atoms with van der Waals surface area (Å²) in [5.41, 5.74) is 7.12. The molecule has 1 heterocycles. The molecular weight excluding hydrogens is 522 g/mol. The Hall–Kier alpha value is -4.93. The molecular formula is C37H27NO2S. The van der Waals surface area contributed by atoms with Gasteiger partial charge in [-0.25, -0.2) is 0 Å². The molecule has 0 N–H and O–H groups in total. The molecule has 198 valence electrons. The van der Waals surface area contributed by atoms with Crippen molar-refractivity contribution in [1.29, 1.82) is 0 Å². The third-order valence-electron chi connectivity index (χ3n) is 7.20. The lowest BCUT2D eigenvalue weighted by Gasteiger charge is -2.30. The van der Waals surface area contributed by atoms with E-state index in [0.717, 1.165) is 34.1 Å². The van der Waals surface area contributed by atoms with Crippen LogP contribution in [-0.4, -0.2) is 7.05 Å². The lowest BCUT2D eigenvalue weighted by atomic mass is 10.0. The van der Waals surface area contributed by atoms with Gasteiger partial charge in [-0.2, -0.15) is 0 Å². The van der Waals surface area contributed by atoms with Gasteiger partial charge in [0.1, 0.15) is 23.0 Å². The van der Waals surface area contributed by atoms with E-state index in [4.69, 9.17) is 9.47 Å². The molecule has 6 aromatic carbocycles. The number of para-hydroxylation sites is 2. The van der Waals surface area contributed by atoms with Crippen molar-refractivity contribution in [1.82, 2.24) is 0 Å². The van der Waals surface area contributed by atoms with Crippen molar-refractivity contribution < 1.29 is 9.47 Å². The summed E-state index contributed by atoms with van der Waals surface area (Å²) in [7, 11) is 2.14. The van der Waals surface area contributed by atoms with Gasteiger partial charge in [0.2, 0.25) is 0 Å². The first kappa shape index (κ1) is 25.1. The minimum Gasteiger partial charge on any atom is -0.457 e. The minimum absolute atomic E-state index is 0.827. The van der Waals surface area contributed by atoms with Crippen molar-refractivity contribution in [3.8, 4) is 45.3 Å². The van der Waals surface area contributed by atoms with Crippen molar-refractivity contribution in [3.63, 3.8) is 0 Å². The van der Waals surface area contributed by atoms with E-state index in [1.807, 2.05) is 96.7 Å². The summed E-state index contributed by atoms with van der Waals surface area (Å²) in [6.45, 7) is 0. The van der Waals surface area contributed by atoms with Gasteiger partial charge in [-0.1, -0.05) is 84.6 Å². The predicted molar refractivity (Wildman–Crippen MR) is 169 cm³/mol. The maximum absolute atomic E-state index is 5.98.